The molecule has 0 saturated heterocycles. The zero-order valence-electron chi connectivity index (χ0n) is 18.2. The van der Waals surface area contributed by atoms with Crippen LogP contribution in [0, 0.1) is 0 Å². The van der Waals surface area contributed by atoms with Crippen molar-refractivity contribution in [1.82, 2.24) is 5.32 Å². The molecule has 6 heteroatoms. The van der Waals surface area contributed by atoms with Crippen LogP contribution in [-0.4, -0.2) is 35.0 Å². The highest BCUT2D eigenvalue weighted by molar-refractivity contribution is 7.85. The minimum atomic E-state index is -1.29. The van der Waals surface area contributed by atoms with Crippen LogP contribution in [0.5, 0.6) is 0 Å². The van der Waals surface area contributed by atoms with Gasteiger partial charge in [0.25, 0.3) is 0 Å². The Morgan fingerprint density at radius 2 is 1.34 bits per heavy atom. The predicted molar refractivity (Wildman–Crippen MR) is 126 cm³/mol. The quantitative estimate of drug-likeness (QED) is 0.504. The summed E-state index contributed by atoms with van der Waals surface area (Å²) in [5, 5.41) is 2.86. The molecule has 0 heterocycles. The van der Waals surface area contributed by atoms with Gasteiger partial charge in [-0.05, 0) is 36.6 Å². The number of nitrogens with one attached hydrogen (secondary N) is 1. The molecule has 0 bridgehead atoms. The molecule has 0 aromatic heterocycles. The standard InChI is InChI=1S/C26H27NO4S/c1-26(20-12-6-3-7-13-20,21-14-8-4-9-15-21)25(29)27-23(24(28)31-2)18-19-32(30)22-16-10-5-11-17-22/h3-17,23H,18-19H2,1-2H3,(H,27,29)/t23-,32+/m0/s1. The summed E-state index contributed by atoms with van der Waals surface area (Å²) in [6.07, 6.45) is 0.194. The van der Waals surface area contributed by atoms with Crippen LogP contribution in [0.2, 0.25) is 0 Å². The molecule has 32 heavy (non-hydrogen) atoms. The SMILES string of the molecule is COC(=O)[C@H](CC[S@@](=O)c1ccccc1)NC(=O)C(C)(c1ccccc1)c1ccccc1. The highest BCUT2D eigenvalue weighted by atomic mass is 32.2. The Hall–Kier alpha value is -3.25. The zero-order valence-corrected chi connectivity index (χ0v) is 19.0. The molecule has 0 aliphatic carbocycles. The predicted octanol–water partition coefficient (Wildman–Crippen LogP) is 3.85. The van der Waals surface area contributed by atoms with Gasteiger partial charge in [0, 0.05) is 10.6 Å². The first-order valence-electron chi connectivity index (χ1n) is 10.4. The number of esters is 1. The lowest BCUT2D eigenvalue weighted by molar-refractivity contribution is -0.145. The van der Waals surface area contributed by atoms with Crippen molar-refractivity contribution in [3.63, 3.8) is 0 Å². The van der Waals surface area contributed by atoms with E-state index >= 15 is 0 Å². The number of ether oxygens (including phenoxy) is 1. The fourth-order valence-electron chi connectivity index (χ4n) is 3.58. The summed E-state index contributed by atoms with van der Waals surface area (Å²) in [5.74, 6) is -0.667. The van der Waals surface area contributed by atoms with Gasteiger partial charge in [0.15, 0.2) is 0 Å². The Bertz CT molecular complexity index is 1020. The zero-order chi connectivity index (χ0) is 23.0. The first-order chi connectivity index (χ1) is 15.5. The molecule has 1 N–H and O–H groups in total. The summed E-state index contributed by atoms with van der Waals surface area (Å²) in [5.41, 5.74) is 0.591. The Kier molecular flexibility index (Phi) is 7.95. The first-order valence-corrected chi connectivity index (χ1v) is 11.7. The molecule has 3 aromatic rings. The lowest BCUT2D eigenvalue weighted by Gasteiger charge is -2.31. The monoisotopic (exact) mass is 449 g/mol. The molecule has 3 aromatic carbocycles. The van der Waals surface area contributed by atoms with Crippen LogP contribution in [0.3, 0.4) is 0 Å². The van der Waals surface area contributed by atoms with Gasteiger partial charge in [-0.15, -0.1) is 0 Å². The summed E-state index contributed by atoms with van der Waals surface area (Å²) in [4.78, 5) is 26.8. The lowest BCUT2D eigenvalue weighted by atomic mass is 9.75. The fourth-order valence-corrected chi connectivity index (χ4v) is 4.73. The third kappa shape index (κ3) is 5.32. The van der Waals surface area contributed by atoms with Gasteiger partial charge in [-0.3, -0.25) is 9.00 Å². The van der Waals surface area contributed by atoms with Crippen molar-refractivity contribution in [2.45, 2.75) is 29.7 Å². The number of rotatable bonds is 9. The van der Waals surface area contributed by atoms with Gasteiger partial charge in [-0.1, -0.05) is 78.9 Å². The van der Waals surface area contributed by atoms with E-state index < -0.39 is 28.2 Å². The van der Waals surface area contributed by atoms with E-state index in [2.05, 4.69) is 5.32 Å². The number of hydrogen-bond donors (Lipinski definition) is 1. The molecule has 0 radical (unpaired) electrons. The Balaban J connectivity index is 1.84. The van der Waals surface area contributed by atoms with Crippen LogP contribution in [0.4, 0.5) is 0 Å². The molecule has 0 saturated carbocycles. The number of benzene rings is 3. The van der Waals surface area contributed by atoms with Gasteiger partial charge in [0.1, 0.15) is 6.04 Å². The van der Waals surface area contributed by atoms with E-state index in [4.69, 9.17) is 4.74 Å². The minimum Gasteiger partial charge on any atom is -0.467 e. The van der Waals surface area contributed by atoms with Gasteiger partial charge in [0.05, 0.1) is 23.3 Å². The molecule has 5 nitrogen and oxygen atoms in total. The summed E-state index contributed by atoms with van der Waals surface area (Å²) in [6, 6.07) is 27.0. The smallest absolute Gasteiger partial charge is 0.328 e. The van der Waals surface area contributed by atoms with Crippen LogP contribution in [0.1, 0.15) is 24.5 Å². The van der Waals surface area contributed by atoms with Gasteiger partial charge in [0.2, 0.25) is 5.91 Å². The van der Waals surface area contributed by atoms with E-state index in [1.807, 2.05) is 85.8 Å². The van der Waals surface area contributed by atoms with Gasteiger partial charge in [-0.2, -0.15) is 0 Å². The molecule has 1 amide bonds. The number of amides is 1. The van der Waals surface area contributed by atoms with Crippen molar-refractivity contribution in [1.29, 1.82) is 0 Å². The maximum Gasteiger partial charge on any atom is 0.328 e. The van der Waals surface area contributed by atoms with Gasteiger partial charge < -0.3 is 10.1 Å². The molecule has 0 aliphatic rings. The van der Waals surface area contributed by atoms with E-state index in [1.54, 1.807) is 12.1 Å². The number of methoxy groups -OCH3 is 1. The summed E-state index contributed by atoms with van der Waals surface area (Å²) < 4.78 is 17.6. The molecule has 0 spiro atoms. The summed E-state index contributed by atoms with van der Waals surface area (Å²) >= 11 is 0. The normalized spacial score (nSPS) is 13.1. The second kappa shape index (κ2) is 10.9. The van der Waals surface area contributed by atoms with E-state index in [-0.39, 0.29) is 18.1 Å². The minimum absolute atomic E-state index is 0.194. The molecular formula is C26H27NO4S. The van der Waals surface area contributed by atoms with E-state index in [1.165, 1.54) is 7.11 Å². The number of carbonyl (C=O) groups excluding carboxylic acids is 2. The maximum atomic E-state index is 13.6. The fraction of sp³-hybridized carbons (Fsp3) is 0.231. The van der Waals surface area contributed by atoms with Crippen molar-refractivity contribution in [2.75, 3.05) is 12.9 Å². The van der Waals surface area contributed by atoms with Crippen LogP contribution < -0.4 is 5.32 Å². The molecule has 0 unspecified atom stereocenters. The summed E-state index contributed by atoms with van der Waals surface area (Å²) in [7, 11) is -0.00854. The Labute approximate surface area is 191 Å². The third-order valence-corrected chi connectivity index (χ3v) is 6.95. The lowest BCUT2D eigenvalue weighted by Crippen LogP contribution is -2.50. The van der Waals surface area contributed by atoms with Gasteiger partial charge >= 0.3 is 5.97 Å². The maximum absolute atomic E-state index is 13.6. The van der Waals surface area contributed by atoms with Gasteiger partial charge in [-0.25, -0.2) is 4.79 Å². The average molecular weight is 450 g/mol. The average Bonchev–Trinajstić information content (AvgIpc) is 2.86. The molecular weight excluding hydrogens is 422 g/mol. The third-order valence-electron chi connectivity index (χ3n) is 5.55. The molecule has 3 rings (SSSR count). The summed E-state index contributed by atoms with van der Waals surface area (Å²) in [6.45, 7) is 1.84. The first kappa shape index (κ1) is 23.4. The van der Waals surface area contributed by atoms with Crippen LogP contribution in [-0.2, 0) is 30.5 Å². The van der Waals surface area contributed by atoms with Crippen LogP contribution in [0.25, 0.3) is 0 Å². The van der Waals surface area contributed by atoms with E-state index in [0.717, 1.165) is 11.1 Å². The largest absolute Gasteiger partial charge is 0.467 e. The van der Waals surface area contributed by atoms with Crippen molar-refractivity contribution < 1.29 is 18.5 Å². The van der Waals surface area contributed by atoms with Crippen molar-refractivity contribution >= 4 is 22.7 Å². The topological polar surface area (TPSA) is 72.5 Å². The highest BCUT2D eigenvalue weighted by Gasteiger charge is 2.39. The van der Waals surface area contributed by atoms with E-state index in [9.17, 15) is 13.8 Å². The van der Waals surface area contributed by atoms with Crippen molar-refractivity contribution in [3.8, 4) is 0 Å². The molecule has 166 valence electrons. The van der Waals surface area contributed by atoms with E-state index in [0.29, 0.717) is 4.90 Å². The second-order valence-electron chi connectivity index (χ2n) is 7.56. The Morgan fingerprint density at radius 3 is 1.81 bits per heavy atom. The van der Waals surface area contributed by atoms with Crippen LogP contribution >= 0.6 is 0 Å². The van der Waals surface area contributed by atoms with Crippen molar-refractivity contribution in [3.05, 3.63) is 102 Å². The number of hydrogen-bond acceptors (Lipinski definition) is 4. The molecule has 2 atom stereocenters. The Morgan fingerprint density at radius 1 is 0.875 bits per heavy atom. The van der Waals surface area contributed by atoms with Crippen LogP contribution in [0.15, 0.2) is 95.9 Å². The molecule has 0 fully saturated rings. The molecule has 0 aliphatic heterocycles. The number of carbonyl (C=O) groups is 2. The second-order valence-corrected chi connectivity index (χ2v) is 9.13. The highest BCUT2D eigenvalue weighted by Crippen LogP contribution is 2.32. The van der Waals surface area contributed by atoms with Crippen molar-refractivity contribution in [2.24, 2.45) is 0 Å².